The van der Waals surface area contributed by atoms with Crippen molar-refractivity contribution < 1.29 is 17.9 Å². The molecule has 8 heteroatoms. The maximum atomic E-state index is 11.7. The second-order valence-electron chi connectivity index (χ2n) is 8.28. The minimum absolute atomic E-state index is 0.214. The van der Waals surface area contributed by atoms with E-state index in [0.717, 1.165) is 6.26 Å². The molecule has 0 aromatic carbocycles. The van der Waals surface area contributed by atoms with Gasteiger partial charge in [-0.15, -0.1) is 0 Å². The average Bonchev–Trinajstić information content (AvgIpc) is 2.27. The van der Waals surface area contributed by atoms with Crippen LogP contribution in [0.15, 0.2) is 0 Å². The molecule has 0 aromatic rings. The quantitative estimate of drug-likeness (QED) is 0.578. The number of amides is 1. The van der Waals surface area contributed by atoms with E-state index in [-0.39, 0.29) is 5.92 Å². The molecular weight excluding hydrogens is 330 g/mol. The molecule has 0 fully saturated rings. The fourth-order valence-corrected chi connectivity index (χ4v) is 3.26. The lowest BCUT2D eigenvalue weighted by molar-refractivity contribution is 0.0514. The highest BCUT2D eigenvalue weighted by molar-refractivity contribution is 7.88. The van der Waals surface area contributed by atoms with Gasteiger partial charge in [-0.2, -0.15) is 0 Å². The first-order valence-electron chi connectivity index (χ1n) is 8.28. The predicted octanol–water partition coefficient (Wildman–Crippen LogP) is 1.70. The summed E-state index contributed by atoms with van der Waals surface area (Å²) in [7, 11) is -3.25. The van der Waals surface area contributed by atoms with E-state index in [1.807, 2.05) is 34.6 Å². The molecule has 144 valence electrons. The van der Waals surface area contributed by atoms with Crippen molar-refractivity contribution in [2.75, 3.05) is 25.9 Å². The van der Waals surface area contributed by atoms with Crippen molar-refractivity contribution in [3.63, 3.8) is 0 Å². The lowest BCUT2D eigenvalue weighted by Gasteiger charge is -2.28. The van der Waals surface area contributed by atoms with Crippen molar-refractivity contribution in [2.45, 2.75) is 59.6 Å². The Morgan fingerprint density at radius 3 is 2.04 bits per heavy atom. The van der Waals surface area contributed by atoms with Crippen LogP contribution in [0.3, 0.4) is 0 Å². The third-order valence-electron chi connectivity index (χ3n) is 3.29. The summed E-state index contributed by atoms with van der Waals surface area (Å²) in [5.74, 6) is 0.574. The lowest BCUT2D eigenvalue weighted by atomic mass is 9.95. The molecule has 1 atom stereocenters. The molecule has 0 aliphatic rings. The maximum absolute atomic E-state index is 11.7. The standard InChI is InChI=1S/C16H35N3O4S/c1-12(2)13(10-18-14(20)23-15(3,4)5)9-17-11-16(6,7)19-24(8,21)22/h12-13,17,19H,9-11H2,1-8H3,(H,18,20). The van der Waals surface area contributed by atoms with Crippen LogP contribution in [0, 0.1) is 11.8 Å². The van der Waals surface area contributed by atoms with Crippen molar-refractivity contribution in [3.05, 3.63) is 0 Å². The van der Waals surface area contributed by atoms with Crippen LogP contribution in [0.5, 0.6) is 0 Å². The van der Waals surface area contributed by atoms with Crippen molar-refractivity contribution in [1.29, 1.82) is 0 Å². The Morgan fingerprint density at radius 1 is 1.08 bits per heavy atom. The van der Waals surface area contributed by atoms with E-state index in [0.29, 0.717) is 25.6 Å². The van der Waals surface area contributed by atoms with Crippen molar-refractivity contribution >= 4 is 16.1 Å². The van der Waals surface area contributed by atoms with Crippen molar-refractivity contribution in [3.8, 4) is 0 Å². The summed E-state index contributed by atoms with van der Waals surface area (Å²) in [6.07, 6.45) is 0.725. The number of sulfonamides is 1. The molecule has 0 rings (SSSR count). The molecule has 7 nitrogen and oxygen atoms in total. The molecule has 0 aliphatic carbocycles. The zero-order chi connectivity index (χ0) is 19.2. The molecule has 0 aromatic heterocycles. The zero-order valence-corrected chi connectivity index (χ0v) is 17.1. The molecule has 1 amide bonds. The molecule has 0 spiro atoms. The van der Waals surface area contributed by atoms with E-state index < -0.39 is 27.3 Å². The van der Waals surface area contributed by atoms with Gasteiger partial charge in [0.05, 0.1) is 6.26 Å². The van der Waals surface area contributed by atoms with E-state index in [9.17, 15) is 13.2 Å². The van der Waals surface area contributed by atoms with Gasteiger partial charge in [0.25, 0.3) is 0 Å². The molecule has 0 bridgehead atoms. The molecule has 0 saturated carbocycles. The van der Waals surface area contributed by atoms with Gasteiger partial charge < -0.3 is 15.4 Å². The van der Waals surface area contributed by atoms with Crippen LogP contribution in [-0.2, 0) is 14.8 Å². The number of rotatable bonds is 9. The first-order valence-corrected chi connectivity index (χ1v) is 10.2. The molecule has 0 radical (unpaired) electrons. The summed E-state index contributed by atoms with van der Waals surface area (Å²) in [6.45, 7) is 15.0. The topological polar surface area (TPSA) is 96.5 Å². The van der Waals surface area contributed by atoms with Gasteiger partial charge in [-0.05, 0) is 53.0 Å². The van der Waals surface area contributed by atoms with E-state index >= 15 is 0 Å². The molecular formula is C16H35N3O4S. The molecule has 0 aliphatic heterocycles. The monoisotopic (exact) mass is 365 g/mol. The summed E-state index contributed by atoms with van der Waals surface area (Å²) < 4.78 is 30.5. The van der Waals surface area contributed by atoms with Gasteiger partial charge in [-0.3, -0.25) is 0 Å². The minimum atomic E-state index is -3.25. The highest BCUT2D eigenvalue weighted by Gasteiger charge is 2.23. The minimum Gasteiger partial charge on any atom is -0.444 e. The average molecular weight is 366 g/mol. The van der Waals surface area contributed by atoms with Crippen LogP contribution in [-0.4, -0.2) is 51.5 Å². The summed E-state index contributed by atoms with van der Waals surface area (Å²) in [5.41, 5.74) is -1.09. The SMILES string of the molecule is CC(C)C(CNCC(C)(C)NS(C)(=O)=O)CNC(=O)OC(C)(C)C. The van der Waals surface area contributed by atoms with Gasteiger partial charge in [0, 0.05) is 18.6 Å². The number of ether oxygens (including phenoxy) is 1. The number of carbonyl (C=O) groups is 1. The Kier molecular flexibility index (Phi) is 8.69. The second kappa shape index (κ2) is 9.01. The summed E-state index contributed by atoms with van der Waals surface area (Å²) in [6, 6.07) is 0. The Morgan fingerprint density at radius 2 is 1.62 bits per heavy atom. The normalized spacial score (nSPS) is 14.5. The van der Waals surface area contributed by atoms with Crippen molar-refractivity contribution in [2.24, 2.45) is 11.8 Å². The zero-order valence-electron chi connectivity index (χ0n) is 16.3. The van der Waals surface area contributed by atoms with Gasteiger partial charge in [0.2, 0.25) is 10.0 Å². The molecule has 24 heavy (non-hydrogen) atoms. The van der Waals surface area contributed by atoms with E-state index in [1.165, 1.54) is 0 Å². The van der Waals surface area contributed by atoms with Crippen LogP contribution < -0.4 is 15.4 Å². The van der Waals surface area contributed by atoms with Gasteiger partial charge >= 0.3 is 6.09 Å². The fraction of sp³-hybridized carbons (Fsp3) is 0.938. The Balaban J connectivity index is 4.38. The first-order chi connectivity index (χ1) is 10.6. The molecule has 3 N–H and O–H groups in total. The lowest BCUT2D eigenvalue weighted by Crippen LogP contribution is -2.51. The van der Waals surface area contributed by atoms with E-state index in [4.69, 9.17) is 4.74 Å². The van der Waals surface area contributed by atoms with E-state index in [2.05, 4.69) is 29.2 Å². The van der Waals surface area contributed by atoms with Gasteiger partial charge in [-0.25, -0.2) is 17.9 Å². The molecule has 0 saturated heterocycles. The van der Waals surface area contributed by atoms with Crippen LogP contribution in [0.25, 0.3) is 0 Å². The largest absolute Gasteiger partial charge is 0.444 e. The predicted molar refractivity (Wildman–Crippen MR) is 97.5 cm³/mol. The maximum Gasteiger partial charge on any atom is 0.407 e. The highest BCUT2D eigenvalue weighted by atomic mass is 32.2. The smallest absolute Gasteiger partial charge is 0.407 e. The summed E-state index contributed by atoms with van der Waals surface area (Å²) >= 11 is 0. The summed E-state index contributed by atoms with van der Waals surface area (Å²) in [5, 5.41) is 6.08. The van der Waals surface area contributed by atoms with Crippen LogP contribution in [0.4, 0.5) is 4.79 Å². The number of nitrogens with one attached hydrogen (secondary N) is 3. The molecule has 1 unspecified atom stereocenters. The van der Waals surface area contributed by atoms with Gasteiger partial charge in [0.1, 0.15) is 5.60 Å². The summed E-state index contributed by atoms with van der Waals surface area (Å²) in [4.78, 5) is 11.7. The van der Waals surface area contributed by atoms with Crippen LogP contribution in [0.1, 0.15) is 48.5 Å². The fourth-order valence-electron chi connectivity index (χ4n) is 2.18. The third kappa shape index (κ3) is 12.5. The van der Waals surface area contributed by atoms with E-state index in [1.54, 1.807) is 0 Å². The van der Waals surface area contributed by atoms with Crippen molar-refractivity contribution in [1.82, 2.24) is 15.4 Å². The van der Waals surface area contributed by atoms with Gasteiger partial charge in [0.15, 0.2) is 0 Å². The third-order valence-corrected chi connectivity index (χ3v) is 4.21. The van der Waals surface area contributed by atoms with Crippen LogP contribution >= 0.6 is 0 Å². The van der Waals surface area contributed by atoms with Gasteiger partial charge in [-0.1, -0.05) is 13.8 Å². The first kappa shape index (κ1) is 23.1. The number of hydrogen-bond acceptors (Lipinski definition) is 5. The number of carbonyl (C=O) groups excluding carboxylic acids is 1. The number of alkyl carbamates (subject to hydrolysis) is 1. The highest BCUT2D eigenvalue weighted by Crippen LogP contribution is 2.11. The second-order valence-corrected chi connectivity index (χ2v) is 10.0. The Labute approximate surface area is 147 Å². The Bertz CT molecular complexity index is 496. The molecule has 0 heterocycles. The number of hydrogen-bond donors (Lipinski definition) is 3. The van der Waals surface area contributed by atoms with Crippen LogP contribution in [0.2, 0.25) is 0 Å². The Hall–Kier alpha value is -0.860.